The van der Waals surface area contributed by atoms with Gasteiger partial charge in [0, 0.05) is 71.8 Å². The summed E-state index contributed by atoms with van der Waals surface area (Å²) in [5, 5.41) is 6.58. The van der Waals surface area contributed by atoms with Crippen LogP contribution in [0, 0.1) is 26.0 Å². The SMILES string of the molecule is C.CSC(=[NH2+])c1[c-]cccc1C.Cc1ccc[c-]c1C(N)=S.[HH].[I-].[Y].[Y]. The van der Waals surface area contributed by atoms with Gasteiger partial charge in [0.25, 0.3) is 0 Å². The third kappa shape index (κ3) is 12.4. The van der Waals surface area contributed by atoms with Crippen molar-refractivity contribution < 1.29 is 96.2 Å². The second-order valence-corrected chi connectivity index (χ2v) is 5.68. The van der Waals surface area contributed by atoms with Crippen molar-refractivity contribution >= 4 is 34.0 Å². The Balaban J connectivity index is -0.0000000951. The van der Waals surface area contributed by atoms with Crippen LogP contribution in [-0.4, -0.2) is 16.3 Å². The summed E-state index contributed by atoms with van der Waals surface area (Å²) in [6, 6.07) is 17.6. The van der Waals surface area contributed by atoms with Gasteiger partial charge in [0.1, 0.15) is 0 Å². The number of hydrogen-bond donors (Lipinski definition) is 2. The monoisotopic (exact) mass is 638 g/mol. The molecule has 0 aliphatic carbocycles. The van der Waals surface area contributed by atoms with Crippen LogP contribution in [0.5, 0.6) is 0 Å². The molecule has 0 heterocycles. The van der Waals surface area contributed by atoms with Crippen molar-refractivity contribution in [2.75, 3.05) is 6.26 Å². The van der Waals surface area contributed by atoms with Crippen LogP contribution < -0.4 is 35.1 Å². The van der Waals surface area contributed by atoms with E-state index in [0.29, 0.717) is 4.99 Å². The molecule has 0 saturated carbocycles. The van der Waals surface area contributed by atoms with Crippen molar-refractivity contribution in [2.24, 2.45) is 5.73 Å². The van der Waals surface area contributed by atoms with Crippen LogP contribution in [0.25, 0.3) is 0 Å². The molecule has 0 amide bonds. The predicted octanol–water partition coefficient (Wildman–Crippen LogP) is -0.0256. The Morgan fingerprint density at radius 1 is 1.08 bits per heavy atom. The summed E-state index contributed by atoms with van der Waals surface area (Å²) in [6.45, 7) is 4.00. The van der Waals surface area contributed by atoms with E-state index in [2.05, 4.69) is 12.1 Å². The van der Waals surface area contributed by atoms with E-state index in [-0.39, 0.29) is 98.2 Å². The first-order valence-electron chi connectivity index (χ1n) is 6.38. The zero-order valence-electron chi connectivity index (χ0n) is 14.0. The summed E-state index contributed by atoms with van der Waals surface area (Å²) in [7, 11) is 0. The smallest absolute Gasteiger partial charge is 0.158 e. The van der Waals surface area contributed by atoms with E-state index in [4.69, 9.17) is 23.4 Å². The average molecular weight is 638 g/mol. The quantitative estimate of drug-likeness (QED) is 0.160. The van der Waals surface area contributed by atoms with Crippen molar-refractivity contribution in [1.29, 1.82) is 0 Å². The molecule has 0 bridgehead atoms. The Bertz CT molecular complexity index is 659. The maximum atomic E-state index is 5.74. The molecule has 0 saturated heterocycles. The maximum absolute atomic E-state index is 5.74. The minimum absolute atomic E-state index is 0. The van der Waals surface area contributed by atoms with Crippen LogP contribution in [0.15, 0.2) is 36.4 Å². The summed E-state index contributed by atoms with van der Waals surface area (Å²) in [5.41, 5.74) is 9.55. The molecule has 0 unspecified atom stereocenters. The van der Waals surface area contributed by atoms with Crippen LogP contribution in [-0.2, 0) is 65.4 Å². The van der Waals surface area contributed by atoms with Gasteiger partial charge in [-0.15, -0.1) is 89.2 Å². The largest absolute Gasteiger partial charge is 1.00 e. The second kappa shape index (κ2) is 18.6. The zero-order chi connectivity index (χ0) is 15.8. The molecule has 0 aromatic heterocycles. The van der Waals surface area contributed by atoms with Crippen LogP contribution in [0.4, 0.5) is 0 Å². The molecule has 0 atom stereocenters. The molecule has 2 nitrogen and oxygen atoms in total. The van der Waals surface area contributed by atoms with Crippen molar-refractivity contribution in [1.82, 2.24) is 0 Å². The molecule has 0 fully saturated rings. The fraction of sp³-hybridized carbons (Fsp3) is 0.222. The fourth-order valence-electron chi connectivity index (χ4n) is 1.68. The number of benzene rings is 2. The molecular formula is C18H25IN2S2Y2-2. The van der Waals surface area contributed by atoms with E-state index in [0.717, 1.165) is 21.7 Å². The second-order valence-electron chi connectivity index (χ2n) is 4.39. The molecule has 7 heteroatoms. The van der Waals surface area contributed by atoms with E-state index in [9.17, 15) is 0 Å². The van der Waals surface area contributed by atoms with Crippen molar-refractivity contribution in [3.05, 3.63) is 70.8 Å². The Morgan fingerprint density at radius 3 is 1.76 bits per heavy atom. The topological polar surface area (TPSA) is 51.6 Å². The van der Waals surface area contributed by atoms with Gasteiger partial charge >= 0.3 is 0 Å². The third-order valence-electron chi connectivity index (χ3n) is 2.84. The van der Waals surface area contributed by atoms with E-state index in [1.54, 1.807) is 11.8 Å². The van der Waals surface area contributed by atoms with E-state index < -0.39 is 0 Å². The van der Waals surface area contributed by atoms with Crippen LogP contribution in [0.2, 0.25) is 0 Å². The van der Waals surface area contributed by atoms with Gasteiger partial charge in [-0.25, -0.2) is 0 Å². The number of halogens is 1. The van der Waals surface area contributed by atoms with Gasteiger partial charge in [-0.2, -0.15) is 0 Å². The zero-order valence-corrected chi connectivity index (χ0v) is 23.4. The Kier molecular flexibility index (Phi) is 25.2. The standard InChI is InChI=1S/C9H10NS.C8H8NS.CH4.HI.2Y.H2/c1-7-5-3-4-6-8(7)9(10)11-2;1-6-4-2-3-5-7(6)8(9)10;;;;;/h3-5,10H,1-2H3;2-4H,1H3,(H2,9,10);1H4;1H;;;1H/q2*-1;;;;;. The Labute approximate surface area is 231 Å². The number of aryl methyl sites for hydroxylation is 2. The first-order chi connectivity index (χ1) is 9.97. The molecule has 2 radical (unpaired) electrons. The van der Waals surface area contributed by atoms with Crippen LogP contribution in [0.1, 0.15) is 31.1 Å². The molecule has 2 aromatic rings. The van der Waals surface area contributed by atoms with Gasteiger partial charge < -0.3 is 29.7 Å². The van der Waals surface area contributed by atoms with Gasteiger partial charge in [0.2, 0.25) is 0 Å². The van der Waals surface area contributed by atoms with Gasteiger partial charge in [0.15, 0.2) is 5.04 Å². The van der Waals surface area contributed by atoms with Crippen molar-refractivity contribution in [3.8, 4) is 0 Å². The molecule has 0 spiro atoms. The number of thiocarbonyl (C=S) groups is 1. The van der Waals surface area contributed by atoms with E-state index in [1.807, 2.05) is 56.5 Å². The maximum Gasteiger partial charge on any atom is 0.158 e. The normalized spacial score (nSPS) is 7.96. The molecular weight excluding hydrogens is 613 g/mol. The molecule has 4 N–H and O–H groups in total. The summed E-state index contributed by atoms with van der Waals surface area (Å²) in [6.07, 6.45) is 1.97. The Morgan fingerprint density at radius 2 is 1.48 bits per heavy atom. The number of nitrogens with two attached hydrogens (primary N) is 2. The Hall–Kier alpha value is 1.29. The molecule has 25 heavy (non-hydrogen) atoms. The minimum atomic E-state index is 0. The molecule has 2 aromatic carbocycles. The number of rotatable bonds is 2. The van der Waals surface area contributed by atoms with Crippen LogP contribution >= 0.6 is 24.0 Å². The van der Waals surface area contributed by atoms with Gasteiger partial charge in [-0.05, 0) is 6.26 Å². The summed E-state index contributed by atoms with van der Waals surface area (Å²) in [5.74, 6) is 0. The number of thioether (sulfide) groups is 1. The molecule has 134 valence electrons. The molecule has 0 aliphatic heterocycles. The molecule has 2 rings (SSSR count). The summed E-state index contributed by atoms with van der Waals surface area (Å²) in [4.78, 5) is 0.415. The van der Waals surface area contributed by atoms with Gasteiger partial charge in [-0.3, -0.25) is 5.41 Å². The van der Waals surface area contributed by atoms with Crippen molar-refractivity contribution in [3.63, 3.8) is 0 Å². The minimum Gasteiger partial charge on any atom is -1.00 e. The molecule has 0 aliphatic rings. The van der Waals surface area contributed by atoms with E-state index in [1.165, 1.54) is 5.56 Å². The summed E-state index contributed by atoms with van der Waals surface area (Å²) < 4.78 is 0. The third-order valence-corrected chi connectivity index (χ3v) is 3.69. The van der Waals surface area contributed by atoms with Crippen LogP contribution in [0.3, 0.4) is 0 Å². The van der Waals surface area contributed by atoms with Gasteiger partial charge in [0.05, 0.1) is 0 Å². The fourth-order valence-corrected chi connectivity index (χ4v) is 2.32. The average Bonchev–Trinajstić information content (AvgIpc) is 2.48. The predicted molar refractivity (Wildman–Crippen MR) is 104 cm³/mol. The number of hydrogen-bond acceptors (Lipinski definition) is 2. The summed E-state index contributed by atoms with van der Waals surface area (Å²) >= 11 is 6.35. The van der Waals surface area contributed by atoms with E-state index >= 15 is 0 Å². The first kappa shape index (κ1) is 33.8. The van der Waals surface area contributed by atoms with Gasteiger partial charge in [-0.1, -0.05) is 26.8 Å². The first-order valence-corrected chi connectivity index (χ1v) is 8.01. The van der Waals surface area contributed by atoms with Crippen molar-refractivity contribution in [2.45, 2.75) is 21.3 Å².